The highest BCUT2D eigenvalue weighted by atomic mass is 32.2. The Morgan fingerprint density at radius 2 is 1.72 bits per heavy atom. The lowest BCUT2D eigenvalue weighted by molar-refractivity contribution is -0.384. The molecule has 8 nitrogen and oxygen atoms in total. The molecule has 1 aromatic carbocycles. The highest BCUT2D eigenvalue weighted by Crippen LogP contribution is 2.15. The van der Waals surface area contributed by atoms with E-state index in [1.807, 2.05) is 0 Å². The number of amides is 1. The van der Waals surface area contributed by atoms with Gasteiger partial charge in [0.1, 0.15) is 0 Å². The molecule has 3 rings (SSSR count). The number of benzene rings is 1. The van der Waals surface area contributed by atoms with Gasteiger partial charge in [-0.1, -0.05) is 6.42 Å². The number of hydrogen-bond acceptors (Lipinski definition) is 4. The predicted octanol–water partition coefficient (Wildman–Crippen LogP) is 3.03. The number of nitro benzene ring substituents is 1. The lowest BCUT2D eigenvalue weighted by Crippen LogP contribution is -2.38. The van der Waals surface area contributed by atoms with Crippen LogP contribution in [0.1, 0.15) is 24.8 Å². The SMILES string of the molecule is O=C(/C=C/c1ccc([N+](=O)[O-])cc1)N=C1C=CC(=S(=O)(O)N2CCCCC2)C=C1. The van der Waals surface area contributed by atoms with E-state index in [2.05, 4.69) is 4.99 Å². The maximum absolute atomic E-state index is 12.7. The van der Waals surface area contributed by atoms with Crippen LogP contribution >= 0.6 is 0 Å². The molecule has 1 amide bonds. The Hall–Kier alpha value is -2.88. The van der Waals surface area contributed by atoms with Gasteiger partial charge >= 0.3 is 0 Å². The van der Waals surface area contributed by atoms with Crippen LogP contribution < -0.4 is 0 Å². The van der Waals surface area contributed by atoms with Crippen LogP contribution in [0.4, 0.5) is 5.69 Å². The summed E-state index contributed by atoms with van der Waals surface area (Å²) in [6.45, 7) is 1.18. The van der Waals surface area contributed by atoms with Crippen LogP contribution in [-0.4, -0.2) is 47.6 Å². The van der Waals surface area contributed by atoms with Crippen molar-refractivity contribution in [1.29, 1.82) is 0 Å². The number of nitrogens with zero attached hydrogens (tertiary/aromatic N) is 3. The van der Waals surface area contributed by atoms with Crippen molar-refractivity contribution in [3.8, 4) is 0 Å². The van der Waals surface area contributed by atoms with E-state index in [0.717, 1.165) is 19.3 Å². The van der Waals surface area contributed by atoms with Crippen molar-refractivity contribution in [2.45, 2.75) is 19.3 Å². The van der Waals surface area contributed by atoms with E-state index < -0.39 is 20.8 Å². The van der Waals surface area contributed by atoms with Gasteiger partial charge in [-0.05, 0) is 60.9 Å². The highest BCUT2D eigenvalue weighted by Gasteiger charge is 2.22. The van der Waals surface area contributed by atoms with Crippen molar-refractivity contribution in [1.82, 2.24) is 4.31 Å². The van der Waals surface area contributed by atoms with Crippen molar-refractivity contribution < 1.29 is 18.5 Å². The molecule has 0 saturated carbocycles. The minimum Gasteiger partial charge on any atom is -0.302 e. The summed E-state index contributed by atoms with van der Waals surface area (Å²) in [4.78, 5) is 26.4. The van der Waals surface area contributed by atoms with Gasteiger partial charge in [-0.2, -0.15) is 0 Å². The second kappa shape index (κ2) is 9.08. The molecule has 1 atom stereocenters. The van der Waals surface area contributed by atoms with E-state index >= 15 is 0 Å². The van der Waals surface area contributed by atoms with Crippen LogP contribution in [0.25, 0.3) is 6.08 Å². The third-order valence-electron chi connectivity index (χ3n) is 4.57. The van der Waals surface area contributed by atoms with Crippen molar-refractivity contribution in [2.24, 2.45) is 4.99 Å². The fourth-order valence-corrected chi connectivity index (χ4v) is 4.54. The number of nitro groups is 1. The zero-order chi connectivity index (χ0) is 20.9. The number of rotatable bonds is 4. The molecule has 1 heterocycles. The van der Waals surface area contributed by atoms with Crippen molar-refractivity contribution in [3.05, 3.63) is 70.3 Å². The molecule has 152 valence electrons. The first-order valence-corrected chi connectivity index (χ1v) is 10.6. The van der Waals surface area contributed by atoms with Gasteiger partial charge in [0.05, 0.1) is 15.5 Å². The molecule has 9 heteroatoms. The van der Waals surface area contributed by atoms with E-state index in [9.17, 15) is 23.7 Å². The average molecular weight is 415 g/mol. The normalized spacial score (nSPS) is 19.3. The van der Waals surface area contributed by atoms with Crippen LogP contribution in [0, 0.1) is 10.1 Å². The molecule has 0 radical (unpaired) electrons. The first kappa shape index (κ1) is 20.8. The van der Waals surface area contributed by atoms with Crippen LogP contribution in [0.5, 0.6) is 0 Å². The quantitative estimate of drug-likeness (QED) is 0.351. The van der Waals surface area contributed by atoms with Gasteiger partial charge in [-0.25, -0.2) is 13.5 Å². The number of piperidine rings is 1. The first-order valence-electron chi connectivity index (χ1n) is 9.16. The summed E-state index contributed by atoms with van der Waals surface area (Å²) in [6, 6.07) is 5.79. The Morgan fingerprint density at radius 3 is 2.31 bits per heavy atom. The van der Waals surface area contributed by atoms with Gasteiger partial charge in [-0.3, -0.25) is 14.9 Å². The summed E-state index contributed by atoms with van der Waals surface area (Å²) in [6.07, 6.45) is 11.8. The molecular formula is C20H21N3O5S. The number of hydrogen-bond donors (Lipinski definition) is 1. The zero-order valence-corrected chi connectivity index (χ0v) is 16.5. The van der Waals surface area contributed by atoms with Crippen molar-refractivity contribution in [2.75, 3.05) is 13.1 Å². The Balaban J connectivity index is 1.67. The zero-order valence-electron chi connectivity index (χ0n) is 15.6. The van der Waals surface area contributed by atoms with Crippen LogP contribution in [-0.2, 0) is 14.8 Å². The van der Waals surface area contributed by atoms with Gasteiger partial charge in [0.25, 0.3) is 11.6 Å². The van der Waals surface area contributed by atoms with Gasteiger partial charge < -0.3 is 4.55 Å². The molecule has 1 N–H and O–H groups in total. The molecule has 0 spiro atoms. The minimum atomic E-state index is -3.27. The topological polar surface area (TPSA) is 113 Å². The molecule has 0 aromatic heterocycles. The van der Waals surface area contributed by atoms with E-state index in [-0.39, 0.29) is 5.69 Å². The van der Waals surface area contributed by atoms with E-state index in [1.54, 1.807) is 4.31 Å². The van der Waals surface area contributed by atoms with Gasteiger partial charge in [0.2, 0.25) is 0 Å². The largest absolute Gasteiger partial charge is 0.302 e. The summed E-state index contributed by atoms with van der Waals surface area (Å²) >= 11 is 0. The lowest BCUT2D eigenvalue weighted by Gasteiger charge is -2.28. The third-order valence-corrected chi connectivity index (χ3v) is 6.52. The van der Waals surface area contributed by atoms with Crippen molar-refractivity contribution in [3.63, 3.8) is 0 Å². The Labute approximate surface area is 169 Å². The minimum absolute atomic E-state index is 0.0248. The number of carbonyl (C=O) groups excluding carboxylic acids is 1. The molecule has 1 aliphatic carbocycles. The summed E-state index contributed by atoms with van der Waals surface area (Å²) in [5.74, 6) is -0.503. The summed E-state index contributed by atoms with van der Waals surface area (Å²) in [5.41, 5.74) is 0.986. The monoisotopic (exact) mass is 415 g/mol. The molecule has 1 saturated heterocycles. The Morgan fingerprint density at radius 1 is 1.10 bits per heavy atom. The molecule has 1 unspecified atom stereocenters. The fraction of sp³-hybridized carbons (Fsp3) is 0.250. The van der Waals surface area contributed by atoms with Crippen LogP contribution in [0.2, 0.25) is 0 Å². The average Bonchev–Trinajstić information content (AvgIpc) is 2.73. The molecule has 1 aromatic rings. The smallest absolute Gasteiger partial charge is 0.270 e. The number of carbonyl (C=O) groups is 1. The summed E-state index contributed by atoms with van der Waals surface area (Å²) < 4.78 is 24.8. The Bertz CT molecular complexity index is 1020. The lowest BCUT2D eigenvalue weighted by atomic mass is 10.2. The molecule has 1 fully saturated rings. The Kier molecular flexibility index (Phi) is 6.53. The summed E-state index contributed by atoms with van der Waals surface area (Å²) in [7, 11) is -3.27. The number of non-ortho nitro benzene ring substituents is 1. The van der Waals surface area contributed by atoms with Crippen molar-refractivity contribution >= 4 is 38.2 Å². The standard InChI is InChI=1S/C20H21N3O5S/c24-20(13-6-16-4-9-18(10-5-16)23(25)26)21-17-7-11-19(12-8-17)29(27,28)22-14-2-1-3-15-22/h4-13H,1-3,14-15H2,(H,27,28)/b13-6+. The highest BCUT2D eigenvalue weighted by molar-refractivity contribution is 7.95. The molecule has 29 heavy (non-hydrogen) atoms. The van der Waals surface area contributed by atoms with Crippen LogP contribution in [0.3, 0.4) is 0 Å². The number of aliphatic imine (C=N–C) groups is 1. The molecule has 2 aliphatic rings. The van der Waals surface area contributed by atoms with E-state index in [1.165, 1.54) is 60.7 Å². The molecular weight excluding hydrogens is 394 g/mol. The maximum Gasteiger partial charge on any atom is 0.270 e. The predicted molar refractivity (Wildman–Crippen MR) is 114 cm³/mol. The van der Waals surface area contributed by atoms with Gasteiger partial charge in [-0.15, -0.1) is 0 Å². The summed E-state index contributed by atoms with van der Waals surface area (Å²) in [5, 5.41) is 10.6. The maximum atomic E-state index is 12.7. The van der Waals surface area contributed by atoms with E-state index in [0.29, 0.717) is 29.2 Å². The first-order chi connectivity index (χ1) is 13.9. The fourth-order valence-electron chi connectivity index (χ4n) is 3.00. The van der Waals surface area contributed by atoms with Gasteiger partial charge in [0, 0.05) is 31.3 Å². The second-order valence-electron chi connectivity index (χ2n) is 6.61. The van der Waals surface area contributed by atoms with Gasteiger partial charge in [0.15, 0.2) is 9.99 Å². The van der Waals surface area contributed by atoms with E-state index in [4.69, 9.17) is 0 Å². The van der Waals surface area contributed by atoms with Crippen LogP contribution in [0.15, 0.2) is 59.6 Å². The third kappa shape index (κ3) is 5.35. The molecule has 1 aliphatic heterocycles. The number of allylic oxidation sites excluding steroid dienone is 4. The molecule has 0 bridgehead atoms. The second-order valence-corrected chi connectivity index (χ2v) is 8.59.